The summed E-state index contributed by atoms with van der Waals surface area (Å²) in [4.78, 5) is 15.0. The summed E-state index contributed by atoms with van der Waals surface area (Å²) in [6, 6.07) is 0.183. The molecule has 2 aliphatic rings. The molecule has 2 aliphatic heterocycles. The van der Waals surface area contributed by atoms with Crippen molar-refractivity contribution >= 4 is 6.03 Å². The molecule has 2 heterocycles. The zero-order valence-corrected chi connectivity index (χ0v) is 11.1. The van der Waals surface area contributed by atoms with Crippen molar-refractivity contribution in [1.82, 2.24) is 15.1 Å². The SMILES string of the molecule is CN1CCOC(CNC2CCN(C(N)=O)CC2)C1. The Morgan fingerprint density at radius 1 is 1.39 bits per heavy atom. The van der Waals surface area contributed by atoms with Crippen LogP contribution in [0.3, 0.4) is 0 Å². The minimum Gasteiger partial charge on any atom is -0.374 e. The molecule has 2 fully saturated rings. The van der Waals surface area contributed by atoms with E-state index in [0.717, 1.165) is 52.2 Å². The maximum Gasteiger partial charge on any atom is 0.314 e. The third kappa shape index (κ3) is 3.83. The number of piperidine rings is 1. The standard InChI is InChI=1S/C12H24N4O2/c1-15-6-7-18-11(9-15)8-14-10-2-4-16(5-3-10)12(13)17/h10-11,14H,2-9H2,1H3,(H2,13,17). The van der Waals surface area contributed by atoms with Gasteiger partial charge in [0.2, 0.25) is 0 Å². The number of primary amides is 1. The zero-order valence-electron chi connectivity index (χ0n) is 11.1. The molecule has 2 amide bonds. The number of carbonyl (C=O) groups excluding carboxylic acids is 1. The predicted octanol–water partition coefficient (Wildman–Crippen LogP) is -0.550. The minimum atomic E-state index is -0.300. The van der Waals surface area contributed by atoms with Crippen molar-refractivity contribution in [2.45, 2.75) is 25.0 Å². The number of likely N-dealkylation sites (N-methyl/N-ethyl adjacent to an activating group) is 1. The lowest BCUT2D eigenvalue weighted by atomic mass is 10.1. The van der Waals surface area contributed by atoms with Gasteiger partial charge in [0.1, 0.15) is 0 Å². The van der Waals surface area contributed by atoms with Crippen LogP contribution < -0.4 is 11.1 Å². The van der Waals surface area contributed by atoms with Crippen LogP contribution in [-0.2, 0) is 4.74 Å². The molecule has 0 spiro atoms. The molecule has 3 N–H and O–H groups in total. The highest BCUT2D eigenvalue weighted by atomic mass is 16.5. The van der Waals surface area contributed by atoms with Gasteiger partial charge in [0.15, 0.2) is 0 Å². The predicted molar refractivity (Wildman–Crippen MR) is 69.4 cm³/mol. The van der Waals surface area contributed by atoms with Crippen LogP contribution in [0.2, 0.25) is 0 Å². The Balaban J connectivity index is 1.64. The number of hydrogen-bond donors (Lipinski definition) is 2. The highest BCUT2D eigenvalue weighted by Crippen LogP contribution is 2.10. The van der Waals surface area contributed by atoms with Gasteiger partial charge in [-0.3, -0.25) is 0 Å². The fourth-order valence-electron chi connectivity index (χ4n) is 2.59. The average molecular weight is 256 g/mol. The van der Waals surface area contributed by atoms with E-state index >= 15 is 0 Å². The Hall–Kier alpha value is -0.850. The van der Waals surface area contributed by atoms with Gasteiger partial charge in [0.05, 0.1) is 12.7 Å². The molecule has 6 heteroatoms. The summed E-state index contributed by atoms with van der Waals surface area (Å²) >= 11 is 0. The molecule has 1 unspecified atom stereocenters. The Bertz CT molecular complexity index is 279. The average Bonchev–Trinajstić information content (AvgIpc) is 2.37. The number of amides is 2. The fraction of sp³-hybridized carbons (Fsp3) is 0.917. The lowest BCUT2D eigenvalue weighted by Crippen LogP contribution is -2.50. The number of morpholine rings is 1. The van der Waals surface area contributed by atoms with E-state index in [4.69, 9.17) is 10.5 Å². The summed E-state index contributed by atoms with van der Waals surface area (Å²) in [7, 11) is 2.13. The molecule has 0 aromatic heterocycles. The minimum absolute atomic E-state index is 0.290. The molecule has 0 bridgehead atoms. The van der Waals surface area contributed by atoms with E-state index in [1.54, 1.807) is 4.90 Å². The summed E-state index contributed by atoms with van der Waals surface area (Å²) in [5.41, 5.74) is 5.26. The van der Waals surface area contributed by atoms with E-state index < -0.39 is 0 Å². The third-order valence-corrected chi connectivity index (χ3v) is 3.78. The van der Waals surface area contributed by atoms with Gasteiger partial charge in [-0.15, -0.1) is 0 Å². The Morgan fingerprint density at radius 2 is 2.11 bits per heavy atom. The first-order valence-electron chi connectivity index (χ1n) is 6.73. The number of urea groups is 1. The number of rotatable bonds is 3. The summed E-state index contributed by atoms with van der Waals surface area (Å²) in [5.74, 6) is 0. The van der Waals surface area contributed by atoms with Crippen LogP contribution in [0.1, 0.15) is 12.8 Å². The van der Waals surface area contributed by atoms with E-state index in [1.165, 1.54) is 0 Å². The Kier molecular flexibility index (Phi) is 4.79. The number of nitrogens with zero attached hydrogens (tertiary/aromatic N) is 2. The van der Waals surface area contributed by atoms with Crippen molar-refractivity contribution < 1.29 is 9.53 Å². The highest BCUT2D eigenvalue weighted by molar-refractivity contribution is 5.72. The van der Waals surface area contributed by atoms with Gasteiger partial charge in [-0.1, -0.05) is 0 Å². The lowest BCUT2D eigenvalue weighted by Gasteiger charge is -2.34. The van der Waals surface area contributed by atoms with Gasteiger partial charge < -0.3 is 25.6 Å². The summed E-state index contributed by atoms with van der Waals surface area (Å²) in [6.07, 6.45) is 2.25. The molecule has 0 aromatic rings. The first-order valence-corrected chi connectivity index (χ1v) is 6.73. The van der Waals surface area contributed by atoms with Crippen molar-refractivity contribution in [3.63, 3.8) is 0 Å². The van der Waals surface area contributed by atoms with Gasteiger partial charge >= 0.3 is 6.03 Å². The molecule has 0 saturated carbocycles. The summed E-state index contributed by atoms with van der Waals surface area (Å²) in [6.45, 7) is 5.26. The Labute approximate surface area is 108 Å². The first-order chi connectivity index (χ1) is 8.65. The van der Waals surface area contributed by atoms with Gasteiger partial charge in [0, 0.05) is 38.8 Å². The molecule has 104 valence electrons. The molecule has 2 rings (SSSR count). The van der Waals surface area contributed by atoms with Crippen LogP contribution >= 0.6 is 0 Å². The van der Waals surface area contributed by atoms with Gasteiger partial charge in [-0.2, -0.15) is 0 Å². The molecule has 0 radical (unpaired) electrons. The van der Waals surface area contributed by atoms with Gasteiger partial charge in [-0.25, -0.2) is 4.79 Å². The third-order valence-electron chi connectivity index (χ3n) is 3.78. The normalized spacial score (nSPS) is 27.4. The van der Waals surface area contributed by atoms with Gasteiger partial charge in [-0.05, 0) is 19.9 Å². The van der Waals surface area contributed by atoms with Gasteiger partial charge in [0.25, 0.3) is 0 Å². The largest absolute Gasteiger partial charge is 0.374 e. The van der Waals surface area contributed by atoms with Crippen molar-refractivity contribution in [2.24, 2.45) is 5.73 Å². The van der Waals surface area contributed by atoms with Crippen LogP contribution in [0.15, 0.2) is 0 Å². The zero-order chi connectivity index (χ0) is 13.0. The molecular formula is C12H24N4O2. The van der Waals surface area contributed by atoms with E-state index in [0.29, 0.717) is 6.04 Å². The monoisotopic (exact) mass is 256 g/mol. The molecule has 6 nitrogen and oxygen atoms in total. The first kappa shape index (κ1) is 13.6. The molecule has 2 saturated heterocycles. The van der Waals surface area contributed by atoms with Crippen LogP contribution in [0.4, 0.5) is 4.79 Å². The van der Waals surface area contributed by atoms with Crippen LogP contribution in [-0.4, -0.2) is 74.4 Å². The molecular weight excluding hydrogens is 232 g/mol. The van der Waals surface area contributed by atoms with E-state index in [-0.39, 0.29) is 12.1 Å². The summed E-state index contributed by atoms with van der Waals surface area (Å²) < 4.78 is 5.71. The van der Waals surface area contributed by atoms with Crippen molar-refractivity contribution in [3.05, 3.63) is 0 Å². The van der Waals surface area contributed by atoms with E-state index in [9.17, 15) is 4.79 Å². The van der Waals surface area contributed by atoms with Crippen molar-refractivity contribution in [1.29, 1.82) is 0 Å². The number of likely N-dealkylation sites (tertiary alicyclic amines) is 1. The number of nitrogens with two attached hydrogens (primary N) is 1. The van der Waals surface area contributed by atoms with Crippen LogP contribution in [0.25, 0.3) is 0 Å². The van der Waals surface area contributed by atoms with E-state index in [1.807, 2.05) is 0 Å². The molecule has 1 atom stereocenters. The van der Waals surface area contributed by atoms with Crippen LogP contribution in [0.5, 0.6) is 0 Å². The maximum atomic E-state index is 11.0. The number of carbonyl (C=O) groups is 1. The highest BCUT2D eigenvalue weighted by Gasteiger charge is 2.23. The number of hydrogen-bond acceptors (Lipinski definition) is 4. The quantitative estimate of drug-likeness (QED) is 0.711. The fourth-order valence-corrected chi connectivity index (χ4v) is 2.59. The lowest BCUT2D eigenvalue weighted by molar-refractivity contribution is -0.0199. The smallest absolute Gasteiger partial charge is 0.314 e. The second-order valence-electron chi connectivity index (χ2n) is 5.26. The Morgan fingerprint density at radius 3 is 2.72 bits per heavy atom. The molecule has 18 heavy (non-hydrogen) atoms. The van der Waals surface area contributed by atoms with Crippen molar-refractivity contribution in [3.8, 4) is 0 Å². The van der Waals surface area contributed by atoms with Crippen LogP contribution in [0, 0.1) is 0 Å². The molecule has 0 aromatic carbocycles. The number of ether oxygens (including phenoxy) is 1. The number of nitrogens with one attached hydrogen (secondary N) is 1. The van der Waals surface area contributed by atoms with E-state index in [2.05, 4.69) is 17.3 Å². The second kappa shape index (κ2) is 6.36. The topological polar surface area (TPSA) is 70.8 Å². The summed E-state index contributed by atoms with van der Waals surface area (Å²) in [5, 5.41) is 3.54. The van der Waals surface area contributed by atoms with Crippen molar-refractivity contribution in [2.75, 3.05) is 46.4 Å². The second-order valence-corrected chi connectivity index (χ2v) is 5.26. The maximum absolute atomic E-state index is 11.0. The molecule has 0 aliphatic carbocycles.